The lowest BCUT2D eigenvalue weighted by molar-refractivity contribution is -0.136. The Kier molecular flexibility index (Phi) is 4.63. The first-order valence-corrected chi connectivity index (χ1v) is 9.63. The van der Waals surface area contributed by atoms with Crippen molar-refractivity contribution >= 4 is 23.5 Å². The Morgan fingerprint density at radius 1 is 1.04 bits per heavy atom. The van der Waals surface area contributed by atoms with Crippen LogP contribution < -0.4 is 10.6 Å². The molecular weight excluding hydrogens is 354 g/mol. The average molecular weight is 377 g/mol. The highest BCUT2D eigenvalue weighted by Crippen LogP contribution is 2.36. The summed E-state index contributed by atoms with van der Waals surface area (Å²) in [5.74, 6) is -0.670. The lowest BCUT2D eigenvalue weighted by Gasteiger charge is -2.24. The fourth-order valence-electron chi connectivity index (χ4n) is 4.13. The number of hydrogen-bond acceptors (Lipinski definition) is 3. The molecule has 1 saturated carbocycles. The smallest absolute Gasteiger partial charge is 0.324 e. The minimum atomic E-state index is -0.892. The topological polar surface area (TPSA) is 78.5 Å². The largest absolute Gasteiger partial charge is 0.325 e. The van der Waals surface area contributed by atoms with Crippen LogP contribution in [0, 0.1) is 0 Å². The molecule has 2 aliphatic rings. The van der Waals surface area contributed by atoms with E-state index in [1.807, 2.05) is 54.6 Å². The van der Waals surface area contributed by atoms with Gasteiger partial charge in [0.05, 0.1) is 0 Å². The Morgan fingerprint density at radius 3 is 2.39 bits per heavy atom. The minimum Gasteiger partial charge on any atom is -0.324 e. The monoisotopic (exact) mass is 377 g/mol. The second-order valence-corrected chi connectivity index (χ2v) is 7.47. The summed E-state index contributed by atoms with van der Waals surface area (Å²) in [6.07, 6.45) is 3.09. The maximum atomic E-state index is 12.9. The Hall–Kier alpha value is -3.15. The number of benzene rings is 2. The third-order valence-corrected chi connectivity index (χ3v) is 5.69. The standard InChI is InChI=1S/C22H23N3O3/c1-15(25-20(27)22(24-21(25)28)13-7-8-14-22)19(26)23-18-12-6-5-11-17(18)16-9-3-2-4-10-16/h2-6,9-12,15H,7-8,13-14H2,1H3,(H,23,26)(H,24,28). The number of carbonyl (C=O) groups excluding carboxylic acids is 3. The van der Waals surface area contributed by atoms with Crippen LogP contribution in [0.5, 0.6) is 0 Å². The summed E-state index contributed by atoms with van der Waals surface area (Å²) in [5.41, 5.74) is 1.69. The number of para-hydroxylation sites is 1. The number of imide groups is 1. The van der Waals surface area contributed by atoms with Gasteiger partial charge in [-0.3, -0.25) is 9.59 Å². The molecule has 2 aromatic carbocycles. The van der Waals surface area contributed by atoms with Gasteiger partial charge in [0.25, 0.3) is 5.91 Å². The van der Waals surface area contributed by atoms with Crippen molar-refractivity contribution in [2.24, 2.45) is 0 Å². The number of anilines is 1. The Morgan fingerprint density at radius 2 is 1.68 bits per heavy atom. The molecule has 0 aromatic heterocycles. The first kappa shape index (κ1) is 18.2. The van der Waals surface area contributed by atoms with Gasteiger partial charge < -0.3 is 10.6 Å². The number of nitrogens with zero attached hydrogens (tertiary/aromatic N) is 1. The molecular formula is C22H23N3O3. The highest BCUT2D eigenvalue weighted by Gasteiger charge is 2.54. The molecule has 28 heavy (non-hydrogen) atoms. The molecule has 2 N–H and O–H groups in total. The lowest BCUT2D eigenvalue weighted by Crippen LogP contribution is -2.48. The summed E-state index contributed by atoms with van der Waals surface area (Å²) < 4.78 is 0. The fourth-order valence-corrected chi connectivity index (χ4v) is 4.13. The van der Waals surface area contributed by atoms with E-state index in [0.717, 1.165) is 28.9 Å². The zero-order valence-corrected chi connectivity index (χ0v) is 15.8. The lowest BCUT2D eigenvalue weighted by atomic mass is 9.97. The van der Waals surface area contributed by atoms with Gasteiger partial charge in [0.15, 0.2) is 0 Å². The molecule has 144 valence electrons. The predicted octanol–water partition coefficient (Wildman–Crippen LogP) is 3.55. The molecule has 0 radical (unpaired) electrons. The zero-order valence-electron chi connectivity index (χ0n) is 15.8. The summed E-state index contributed by atoms with van der Waals surface area (Å²) in [6, 6.07) is 15.9. The van der Waals surface area contributed by atoms with Crippen molar-refractivity contribution in [2.45, 2.75) is 44.2 Å². The summed E-state index contributed by atoms with van der Waals surface area (Å²) in [4.78, 5) is 39.3. The summed E-state index contributed by atoms with van der Waals surface area (Å²) in [5, 5.41) is 5.72. The quantitative estimate of drug-likeness (QED) is 0.800. The van der Waals surface area contributed by atoms with Crippen LogP contribution in [0.2, 0.25) is 0 Å². The van der Waals surface area contributed by atoms with Crippen LogP contribution in [0.3, 0.4) is 0 Å². The van der Waals surface area contributed by atoms with Crippen molar-refractivity contribution in [3.05, 3.63) is 54.6 Å². The molecule has 6 nitrogen and oxygen atoms in total. The first-order chi connectivity index (χ1) is 13.5. The van der Waals surface area contributed by atoms with Crippen molar-refractivity contribution in [1.29, 1.82) is 0 Å². The Bertz CT molecular complexity index is 920. The molecule has 4 amide bonds. The molecule has 4 rings (SSSR count). The van der Waals surface area contributed by atoms with Crippen molar-refractivity contribution in [1.82, 2.24) is 10.2 Å². The molecule has 1 saturated heterocycles. The second-order valence-electron chi connectivity index (χ2n) is 7.47. The number of amides is 4. The predicted molar refractivity (Wildman–Crippen MR) is 107 cm³/mol. The van der Waals surface area contributed by atoms with E-state index in [1.54, 1.807) is 6.92 Å². The molecule has 1 aliphatic carbocycles. The molecule has 1 aliphatic heterocycles. The van der Waals surface area contributed by atoms with E-state index in [4.69, 9.17) is 0 Å². The van der Waals surface area contributed by atoms with E-state index >= 15 is 0 Å². The maximum absolute atomic E-state index is 12.9. The SMILES string of the molecule is CC(C(=O)Nc1ccccc1-c1ccccc1)N1C(=O)NC2(CCCC2)C1=O. The van der Waals surface area contributed by atoms with Gasteiger partial charge in [0, 0.05) is 11.3 Å². The molecule has 2 fully saturated rings. The third kappa shape index (κ3) is 3.05. The highest BCUT2D eigenvalue weighted by molar-refractivity contribution is 6.11. The van der Waals surface area contributed by atoms with E-state index in [1.165, 1.54) is 0 Å². The van der Waals surface area contributed by atoms with Gasteiger partial charge in [0.1, 0.15) is 11.6 Å². The minimum absolute atomic E-state index is 0.283. The summed E-state index contributed by atoms with van der Waals surface area (Å²) in [6.45, 7) is 1.59. The third-order valence-electron chi connectivity index (χ3n) is 5.69. The van der Waals surface area contributed by atoms with Gasteiger partial charge in [-0.1, -0.05) is 61.4 Å². The summed E-state index contributed by atoms with van der Waals surface area (Å²) >= 11 is 0. The number of nitrogens with one attached hydrogen (secondary N) is 2. The van der Waals surface area contributed by atoms with Gasteiger partial charge in [-0.15, -0.1) is 0 Å². The summed E-state index contributed by atoms with van der Waals surface area (Å²) in [7, 11) is 0. The first-order valence-electron chi connectivity index (χ1n) is 9.63. The van der Waals surface area contributed by atoms with Crippen LogP contribution in [0.15, 0.2) is 54.6 Å². The van der Waals surface area contributed by atoms with Crippen LogP contribution in [0.1, 0.15) is 32.6 Å². The number of urea groups is 1. The van der Waals surface area contributed by atoms with Crippen LogP contribution in [0.25, 0.3) is 11.1 Å². The van der Waals surface area contributed by atoms with Gasteiger partial charge in [-0.2, -0.15) is 0 Å². The van der Waals surface area contributed by atoms with Crippen LogP contribution in [-0.4, -0.2) is 34.3 Å². The molecule has 6 heteroatoms. The number of rotatable bonds is 4. The average Bonchev–Trinajstić information content (AvgIpc) is 3.27. The fraction of sp³-hybridized carbons (Fsp3) is 0.318. The molecule has 0 bridgehead atoms. The Balaban J connectivity index is 1.55. The van der Waals surface area contributed by atoms with Crippen molar-refractivity contribution in [3.63, 3.8) is 0 Å². The molecule has 1 unspecified atom stereocenters. The zero-order chi connectivity index (χ0) is 19.7. The van der Waals surface area contributed by atoms with Gasteiger partial charge in [0.2, 0.25) is 5.91 Å². The number of carbonyl (C=O) groups is 3. The van der Waals surface area contributed by atoms with Gasteiger partial charge in [-0.25, -0.2) is 9.69 Å². The second kappa shape index (κ2) is 7.11. The van der Waals surface area contributed by atoms with Crippen molar-refractivity contribution in [2.75, 3.05) is 5.32 Å². The van der Waals surface area contributed by atoms with Crippen LogP contribution >= 0.6 is 0 Å². The van der Waals surface area contributed by atoms with Gasteiger partial charge >= 0.3 is 6.03 Å². The normalized spacial score (nSPS) is 19.0. The van der Waals surface area contributed by atoms with Crippen molar-refractivity contribution in [3.8, 4) is 11.1 Å². The highest BCUT2D eigenvalue weighted by atomic mass is 16.2. The van der Waals surface area contributed by atoms with Crippen LogP contribution in [0.4, 0.5) is 10.5 Å². The van der Waals surface area contributed by atoms with Crippen LogP contribution in [-0.2, 0) is 9.59 Å². The maximum Gasteiger partial charge on any atom is 0.325 e. The number of hydrogen-bond donors (Lipinski definition) is 2. The molecule has 2 aromatic rings. The van der Waals surface area contributed by atoms with Gasteiger partial charge in [-0.05, 0) is 31.4 Å². The van der Waals surface area contributed by atoms with E-state index in [9.17, 15) is 14.4 Å². The molecule has 1 heterocycles. The molecule has 1 atom stereocenters. The van der Waals surface area contributed by atoms with E-state index in [2.05, 4.69) is 10.6 Å². The van der Waals surface area contributed by atoms with E-state index in [-0.39, 0.29) is 11.8 Å². The van der Waals surface area contributed by atoms with E-state index in [0.29, 0.717) is 18.5 Å². The molecule has 1 spiro atoms. The Labute approximate surface area is 163 Å². The van der Waals surface area contributed by atoms with E-state index < -0.39 is 17.6 Å². The van der Waals surface area contributed by atoms with Crippen molar-refractivity contribution < 1.29 is 14.4 Å².